The van der Waals surface area contributed by atoms with Crippen LogP contribution in [0.15, 0.2) is 41.6 Å². The molecule has 0 bridgehead atoms. The van der Waals surface area contributed by atoms with E-state index in [-0.39, 0.29) is 24.1 Å². The topological polar surface area (TPSA) is 94.3 Å². The van der Waals surface area contributed by atoms with Crippen LogP contribution in [0.1, 0.15) is 11.6 Å². The minimum atomic E-state index is -0.286. The van der Waals surface area contributed by atoms with Crippen LogP contribution in [0.5, 0.6) is 0 Å². The average molecular weight is 431 g/mol. The van der Waals surface area contributed by atoms with Gasteiger partial charge >= 0.3 is 0 Å². The molecule has 4 rings (SSSR count). The second-order valence-corrected chi connectivity index (χ2v) is 7.64. The summed E-state index contributed by atoms with van der Waals surface area (Å²) in [7, 11) is 1.72. The van der Waals surface area contributed by atoms with E-state index in [1.165, 1.54) is 21.8 Å². The van der Waals surface area contributed by atoms with Gasteiger partial charge in [-0.3, -0.25) is 23.7 Å². The zero-order valence-corrected chi connectivity index (χ0v) is 17.4. The summed E-state index contributed by atoms with van der Waals surface area (Å²) in [5.41, 5.74) is 1.27. The molecule has 1 fully saturated rings. The summed E-state index contributed by atoms with van der Waals surface area (Å²) in [5, 5.41) is 8.06. The second-order valence-electron chi connectivity index (χ2n) is 7.20. The molecule has 1 unspecified atom stereocenters. The second kappa shape index (κ2) is 8.95. The highest BCUT2D eigenvalue weighted by Gasteiger charge is 2.23. The molecule has 0 spiro atoms. The van der Waals surface area contributed by atoms with Crippen molar-refractivity contribution in [2.24, 2.45) is 7.05 Å². The number of nitrogens with zero attached hydrogens (tertiary/aromatic N) is 5. The molecular weight excluding hydrogens is 408 g/mol. The number of carbonyl (C=O) groups excluding carboxylic acids is 1. The van der Waals surface area contributed by atoms with Crippen LogP contribution >= 0.6 is 11.6 Å². The molecule has 0 radical (unpaired) electrons. The van der Waals surface area contributed by atoms with E-state index >= 15 is 0 Å². The number of amides is 1. The Morgan fingerprint density at radius 3 is 2.73 bits per heavy atom. The van der Waals surface area contributed by atoms with Crippen LogP contribution in [0.3, 0.4) is 0 Å². The summed E-state index contributed by atoms with van der Waals surface area (Å²) in [6.07, 6.45) is 2.85. The van der Waals surface area contributed by atoms with Gasteiger partial charge in [0.2, 0.25) is 5.91 Å². The summed E-state index contributed by atoms with van der Waals surface area (Å²) in [6, 6.07) is 7.63. The van der Waals surface area contributed by atoms with E-state index in [0.717, 1.165) is 18.7 Å². The largest absolute Gasteiger partial charge is 0.379 e. The van der Waals surface area contributed by atoms with E-state index < -0.39 is 0 Å². The first kappa shape index (κ1) is 20.5. The molecule has 1 aliphatic rings. The Hall–Kier alpha value is -2.75. The van der Waals surface area contributed by atoms with Crippen LogP contribution in [0.4, 0.5) is 0 Å². The van der Waals surface area contributed by atoms with Gasteiger partial charge in [-0.05, 0) is 17.7 Å². The predicted octanol–water partition coefficient (Wildman–Crippen LogP) is 0.973. The molecule has 0 saturated carbocycles. The Bertz CT molecular complexity index is 1090. The minimum absolute atomic E-state index is 0.00855. The lowest BCUT2D eigenvalue weighted by Gasteiger charge is -2.35. The first-order valence-corrected chi connectivity index (χ1v) is 10.1. The number of carbonyl (C=O) groups is 1. The molecule has 1 amide bonds. The fraction of sp³-hybridized carbons (Fsp3) is 0.400. The van der Waals surface area contributed by atoms with Crippen molar-refractivity contribution in [2.45, 2.75) is 12.6 Å². The molecule has 1 N–H and O–H groups in total. The van der Waals surface area contributed by atoms with Crippen LogP contribution in [-0.2, 0) is 23.1 Å². The number of fused-ring (bicyclic) bond motifs is 1. The van der Waals surface area contributed by atoms with E-state index in [4.69, 9.17) is 16.3 Å². The third-order valence-corrected chi connectivity index (χ3v) is 5.52. The predicted molar refractivity (Wildman–Crippen MR) is 112 cm³/mol. The number of hydrogen-bond donors (Lipinski definition) is 1. The normalized spacial score (nSPS) is 15.9. The summed E-state index contributed by atoms with van der Waals surface area (Å²) >= 11 is 6.03. The van der Waals surface area contributed by atoms with Crippen molar-refractivity contribution < 1.29 is 9.53 Å². The fourth-order valence-electron chi connectivity index (χ4n) is 3.63. The molecule has 3 aromatic rings. The van der Waals surface area contributed by atoms with Gasteiger partial charge in [0.15, 0.2) is 5.65 Å². The Balaban J connectivity index is 1.46. The third kappa shape index (κ3) is 4.38. The SMILES string of the molecule is Cn1ncc2c(=O)n(CC(=O)NCC(c3ccc(Cl)cc3)N3CCOCC3)cnc21. The fourth-order valence-corrected chi connectivity index (χ4v) is 3.76. The Morgan fingerprint density at radius 1 is 1.27 bits per heavy atom. The molecular formula is C20H23ClN6O3. The van der Waals surface area contributed by atoms with Crippen molar-refractivity contribution in [2.75, 3.05) is 32.8 Å². The number of halogens is 1. The van der Waals surface area contributed by atoms with Crippen molar-refractivity contribution in [3.05, 3.63) is 57.7 Å². The molecule has 158 valence electrons. The first-order chi connectivity index (χ1) is 14.5. The van der Waals surface area contributed by atoms with Crippen molar-refractivity contribution in [1.82, 2.24) is 29.5 Å². The number of morpholine rings is 1. The van der Waals surface area contributed by atoms with E-state index in [2.05, 4.69) is 20.3 Å². The summed E-state index contributed by atoms with van der Waals surface area (Å²) in [4.78, 5) is 31.7. The molecule has 0 aliphatic carbocycles. The number of ether oxygens (including phenoxy) is 1. The molecule has 10 heteroatoms. The van der Waals surface area contributed by atoms with Crippen molar-refractivity contribution in [3.8, 4) is 0 Å². The molecule has 3 heterocycles. The zero-order valence-electron chi connectivity index (χ0n) is 16.6. The Morgan fingerprint density at radius 2 is 2.00 bits per heavy atom. The highest BCUT2D eigenvalue weighted by Crippen LogP contribution is 2.23. The van der Waals surface area contributed by atoms with Crippen molar-refractivity contribution in [3.63, 3.8) is 0 Å². The summed E-state index contributed by atoms with van der Waals surface area (Å²) < 4.78 is 8.28. The van der Waals surface area contributed by atoms with Gasteiger partial charge in [0.05, 0.1) is 25.5 Å². The van der Waals surface area contributed by atoms with Gasteiger partial charge in [0, 0.05) is 31.7 Å². The van der Waals surface area contributed by atoms with Crippen molar-refractivity contribution >= 4 is 28.5 Å². The number of aryl methyl sites for hydroxylation is 1. The average Bonchev–Trinajstić information content (AvgIpc) is 3.14. The van der Waals surface area contributed by atoms with Gasteiger partial charge in [0.1, 0.15) is 18.3 Å². The highest BCUT2D eigenvalue weighted by atomic mass is 35.5. The number of hydrogen-bond acceptors (Lipinski definition) is 6. The third-order valence-electron chi connectivity index (χ3n) is 5.27. The molecule has 1 aliphatic heterocycles. The van der Waals surface area contributed by atoms with Crippen LogP contribution in [-0.4, -0.2) is 63.0 Å². The lowest BCUT2D eigenvalue weighted by molar-refractivity contribution is -0.122. The van der Waals surface area contributed by atoms with Gasteiger partial charge in [-0.15, -0.1) is 0 Å². The Labute approximate surface area is 178 Å². The molecule has 30 heavy (non-hydrogen) atoms. The van der Waals surface area contributed by atoms with Crippen LogP contribution in [0.25, 0.3) is 11.0 Å². The minimum Gasteiger partial charge on any atom is -0.379 e. The van der Waals surface area contributed by atoms with E-state index in [0.29, 0.717) is 35.8 Å². The molecule has 1 saturated heterocycles. The zero-order chi connectivity index (χ0) is 21.1. The van der Waals surface area contributed by atoms with E-state index in [1.54, 1.807) is 7.05 Å². The highest BCUT2D eigenvalue weighted by molar-refractivity contribution is 6.30. The number of nitrogens with one attached hydrogen (secondary N) is 1. The molecule has 9 nitrogen and oxygen atoms in total. The smallest absolute Gasteiger partial charge is 0.264 e. The maximum Gasteiger partial charge on any atom is 0.264 e. The standard InChI is InChI=1S/C20H23ClN6O3/c1-25-19-16(10-24-25)20(29)27(13-23-19)12-18(28)22-11-17(26-6-8-30-9-7-26)14-2-4-15(21)5-3-14/h2-5,10,13,17H,6-9,11-12H2,1H3,(H,22,28). The van der Waals surface area contributed by atoms with Crippen molar-refractivity contribution in [1.29, 1.82) is 0 Å². The maximum absolute atomic E-state index is 12.6. The molecule has 1 atom stereocenters. The lowest BCUT2D eigenvalue weighted by atomic mass is 10.0. The van der Waals surface area contributed by atoms with Crippen LogP contribution in [0.2, 0.25) is 5.02 Å². The van der Waals surface area contributed by atoms with Gasteiger partial charge < -0.3 is 10.1 Å². The molecule has 1 aromatic carbocycles. The number of aromatic nitrogens is 4. The van der Waals surface area contributed by atoms with Crippen LogP contribution in [0, 0.1) is 0 Å². The number of benzene rings is 1. The van der Waals surface area contributed by atoms with Gasteiger partial charge in [-0.2, -0.15) is 5.10 Å². The molecule has 2 aromatic heterocycles. The van der Waals surface area contributed by atoms with E-state index in [1.807, 2.05) is 24.3 Å². The summed E-state index contributed by atoms with van der Waals surface area (Å²) in [6.45, 7) is 3.19. The monoisotopic (exact) mass is 430 g/mol. The van der Waals surface area contributed by atoms with Gasteiger partial charge in [-0.1, -0.05) is 23.7 Å². The summed E-state index contributed by atoms with van der Waals surface area (Å²) in [5.74, 6) is -0.255. The first-order valence-electron chi connectivity index (χ1n) is 9.74. The lowest BCUT2D eigenvalue weighted by Crippen LogP contribution is -2.44. The number of rotatable bonds is 6. The van der Waals surface area contributed by atoms with Crippen LogP contribution < -0.4 is 10.9 Å². The van der Waals surface area contributed by atoms with E-state index in [9.17, 15) is 9.59 Å². The van der Waals surface area contributed by atoms with Gasteiger partial charge in [-0.25, -0.2) is 4.98 Å². The van der Waals surface area contributed by atoms with Gasteiger partial charge in [0.25, 0.3) is 5.56 Å². The Kier molecular flexibility index (Phi) is 6.12. The maximum atomic E-state index is 12.6. The quantitative estimate of drug-likeness (QED) is 0.626.